The van der Waals surface area contributed by atoms with E-state index in [-0.39, 0.29) is 43.4 Å². The molecule has 198 valence electrons. The molecule has 10 heteroatoms. The largest absolute Gasteiger partial charge is 0.445 e. The average Bonchev–Trinajstić information content (AvgIpc) is 2.86. The normalized spacial score (nSPS) is 13.4. The standard InChI is InChI=1S/C27H32FN3O5S/c1-21(2)19-31(37(34,35)25-12-10-24(28)11-13-25)16-14-27(33,17-22-7-4-3-5-8-22)30-26(32)36-20-23-9-6-15-29-18-23/h3-13,15,18,21,33H,14,16-17,19-20H2,1-2H3,(H,30,32). The fourth-order valence-corrected chi connectivity index (χ4v) is 5.37. The van der Waals surface area contributed by atoms with Gasteiger partial charge in [-0.3, -0.25) is 10.3 Å². The first kappa shape index (κ1) is 28.2. The second-order valence-corrected chi connectivity index (χ2v) is 11.2. The second kappa shape index (κ2) is 12.8. The number of aromatic nitrogens is 1. The van der Waals surface area contributed by atoms with Gasteiger partial charge >= 0.3 is 6.09 Å². The van der Waals surface area contributed by atoms with Crippen molar-refractivity contribution in [2.24, 2.45) is 5.92 Å². The number of hydrogen-bond acceptors (Lipinski definition) is 6. The van der Waals surface area contributed by atoms with Gasteiger partial charge in [-0.25, -0.2) is 17.6 Å². The van der Waals surface area contributed by atoms with Crippen LogP contribution in [0.15, 0.2) is 84.0 Å². The molecule has 1 amide bonds. The molecule has 1 unspecified atom stereocenters. The number of amides is 1. The van der Waals surface area contributed by atoms with E-state index in [0.717, 1.165) is 17.7 Å². The molecule has 0 fully saturated rings. The number of sulfonamides is 1. The monoisotopic (exact) mass is 529 g/mol. The topological polar surface area (TPSA) is 109 Å². The molecule has 0 aliphatic heterocycles. The van der Waals surface area contributed by atoms with Gasteiger partial charge in [-0.15, -0.1) is 0 Å². The second-order valence-electron chi connectivity index (χ2n) is 9.22. The highest BCUT2D eigenvalue weighted by Gasteiger charge is 2.34. The molecule has 8 nitrogen and oxygen atoms in total. The first-order chi connectivity index (χ1) is 17.6. The lowest BCUT2D eigenvalue weighted by atomic mass is 9.99. The van der Waals surface area contributed by atoms with Crippen LogP contribution in [0.1, 0.15) is 31.4 Å². The predicted molar refractivity (Wildman–Crippen MR) is 137 cm³/mol. The summed E-state index contributed by atoms with van der Waals surface area (Å²) in [7, 11) is -3.98. The fourth-order valence-electron chi connectivity index (χ4n) is 3.77. The minimum absolute atomic E-state index is 0.0187. The lowest BCUT2D eigenvalue weighted by molar-refractivity contribution is -0.00773. The number of carbonyl (C=O) groups is 1. The summed E-state index contributed by atoms with van der Waals surface area (Å²) >= 11 is 0. The molecule has 0 aliphatic carbocycles. The van der Waals surface area contributed by atoms with Crippen LogP contribution in [0.3, 0.4) is 0 Å². The Bertz CT molecular complexity index is 1240. The summed E-state index contributed by atoms with van der Waals surface area (Å²) in [4.78, 5) is 16.5. The summed E-state index contributed by atoms with van der Waals surface area (Å²) in [5.41, 5.74) is -0.381. The third-order valence-corrected chi connectivity index (χ3v) is 7.44. The Morgan fingerprint density at radius 3 is 2.38 bits per heavy atom. The quantitative estimate of drug-likeness (QED) is 0.342. The highest BCUT2D eigenvalue weighted by Crippen LogP contribution is 2.22. The van der Waals surface area contributed by atoms with Gasteiger partial charge < -0.3 is 9.84 Å². The number of hydrogen-bond donors (Lipinski definition) is 2. The number of aliphatic hydroxyl groups is 1. The summed E-state index contributed by atoms with van der Waals surface area (Å²) in [6.45, 7) is 3.78. The Morgan fingerprint density at radius 2 is 1.76 bits per heavy atom. The predicted octanol–water partition coefficient (Wildman–Crippen LogP) is 4.12. The van der Waals surface area contributed by atoms with Gasteiger partial charge in [-0.05, 0) is 41.8 Å². The van der Waals surface area contributed by atoms with Gasteiger partial charge in [0.2, 0.25) is 10.0 Å². The molecule has 0 radical (unpaired) electrons. The van der Waals surface area contributed by atoms with Crippen LogP contribution in [-0.4, -0.2) is 47.7 Å². The highest BCUT2D eigenvalue weighted by atomic mass is 32.2. The van der Waals surface area contributed by atoms with Crippen LogP contribution >= 0.6 is 0 Å². The lowest BCUT2D eigenvalue weighted by Gasteiger charge is -2.32. The van der Waals surface area contributed by atoms with Crippen molar-refractivity contribution in [1.29, 1.82) is 0 Å². The Labute approximate surface area is 217 Å². The molecule has 0 saturated carbocycles. The fraction of sp³-hybridized carbons (Fsp3) is 0.333. The smallest absolute Gasteiger partial charge is 0.409 e. The molecule has 3 rings (SSSR count). The van der Waals surface area contributed by atoms with Crippen molar-refractivity contribution in [3.8, 4) is 0 Å². The maximum absolute atomic E-state index is 13.4. The molecule has 3 aromatic rings. The molecular weight excluding hydrogens is 497 g/mol. The van der Waals surface area contributed by atoms with E-state index in [2.05, 4.69) is 10.3 Å². The van der Waals surface area contributed by atoms with Gasteiger partial charge in [-0.2, -0.15) is 4.31 Å². The lowest BCUT2D eigenvalue weighted by Crippen LogP contribution is -2.52. The zero-order valence-corrected chi connectivity index (χ0v) is 21.7. The first-order valence-electron chi connectivity index (χ1n) is 11.9. The summed E-state index contributed by atoms with van der Waals surface area (Å²) in [5, 5.41) is 14.0. The van der Waals surface area contributed by atoms with Crippen molar-refractivity contribution < 1.29 is 27.4 Å². The highest BCUT2D eigenvalue weighted by molar-refractivity contribution is 7.89. The van der Waals surface area contributed by atoms with Gasteiger partial charge in [0.25, 0.3) is 0 Å². The van der Waals surface area contributed by atoms with Crippen molar-refractivity contribution >= 4 is 16.1 Å². The third-order valence-electron chi connectivity index (χ3n) is 5.56. The summed E-state index contributed by atoms with van der Waals surface area (Å²) in [5.74, 6) is -0.560. The molecule has 0 saturated heterocycles. The summed E-state index contributed by atoms with van der Waals surface area (Å²) in [6.07, 6.45) is 2.23. The Kier molecular flexibility index (Phi) is 9.73. The number of nitrogens with zero attached hydrogens (tertiary/aromatic N) is 2. The molecule has 37 heavy (non-hydrogen) atoms. The number of alkyl carbamates (subject to hydrolysis) is 1. The van der Waals surface area contributed by atoms with E-state index >= 15 is 0 Å². The van der Waals surface area contributed by atoms with E-state index in [0.29, 0.717) is 5.56 Å². The molecule has 0 bridgehead atoms. The molecule has 2 N–H and O–H groups in total. The van der Waals surface area contributed by atoms with E-state index in [1.807, 2.05) is 19.9 Å². The number of halogens is 1. The molecule has 0 aliphatic rings. The molecular formula is C27H32FN3O5S. The number of benzene rings is 2. The van der Waals surface area contributed by atoms with Crippen LogP contribution in [0.2, 0.25) is 0 Å². The molecule has 2 aromatic carbocycles. The molecule has 1 aromatic heterocycles. The van der Waals surface area contributed by atoms with Gasteiger partial charge in [-0.1, -0.05) is 50.2 Å². The van der Waals surface area contributed by atoms with Crippen LogP contribution in [0, 0.1) is 11.7 Å². The van der Waals surface area contributed by atoms with Gasteiger partial charge in [0.1, 0.15) is 18.1 Å². The van der Waals surface area contributed by atoms with Crippen molar-refractivity contribution in [2.75, 3.05) is 13.1 Å². The number of nitrogens with one attached hydrogen (secondary N) is 1. The average molecular weight is 530 g/mol. The molecule has 0 spiro atoms. The van der Waals surface area contributed by atoms with Crippen LogP contribution in [-0.2, 0) is 27.8 Å². The number of carbonyl (C=O) groups excluding carboxylic acids is 1. The van der Waals surface area contributed by atoms with Crippen LogP contribution in [0.5, 0.6) is 0 Å². The van der Waals surface area contributed by atoms with Crippen molar-refractivity contribution in [3.05, 3.63) is 96.1 Å². The van der Waals surface area contributed by atoms with Crippen LogP contribution in [0.4, 0.5) is 9.18 Å². The SMILES string of the molecule is CC(C)CN(CCC(O)(Cc1ccccc1)NC(=O)OCc1cccnc1)S(=O)(=O)c1ccc(F)cc1. The minimum Gasteiger partial charge on any atom is -0.445 e. The van der Waals surface area contributed by atoms with E-state index < -0.39 is 27.7 Å². The van der Waals surface area contributed by atoms with Crippen LogP contribution in [0.25, 0.3) is 0 Å². The van der Waals surface area contributed by atoms with Crippen molar-refractivity contribution in [3.63, 3.8) is 0 Å². The first-order valence-corrected chi connectivity index (χ1v) is 13.4. The zero-order valence-electron chi connectivity index (χ0n) is 20.9. The third kappa shape index (κ3) is 8.63. The van der Waals surface area contributed by atoms with E-state index in [4.69, 9.17) is 4.74 Å². The van der Waals surface area contributed by atoms with Gasteiger partial charge in [0, 0.05) is 43.9 Å². The maximum Gasteiger partial charge on any atom is 0.409 e. The number of rotatable bonds is 12. The maximum atomic E-state index is 13.4. The van der Waals surface area contributed by atoms with E-state index in [9.17, 15) is 22.7 Å². The molecule has 1 atom stereocenters. The van der Waals surface area contributed by atoms with Gasteiger partial charge in [0.15, 0.2) is 0 Å². The summed E-state index contributed by atoms with van der Waals surface area (Å²) < 4.78 is 46.6. The van der Waals surface area contributed by atoms with E-state index in [1.54, 1.807) is 48.8 Å². The Balaban J connectivity index is 1.79. The van der Waals surface area contributed by atoms with Gasteiger partial charge in [0.05, 0.1) is 4.90 Å². The zero-order chi connectivity index (χ0) is 26.9. The Morgan fingerprint density at radius 1 is 1.08 bits per heavy atom. The van der Waals surface area contributed by atoms with Crippen molar-refractivity contribution in [1.82, 2.24) is 14.6 Å². The van der Waals surface area contributed by atoms with Crippen LogP contribution < -0.4 is 5.32 Å². The minimum atomic E-state index is -3.98. The number of ether oxygens (including phenoxy) is 1. The van der Waals surface area contributed by atoms with E-state index in [1.165, 1.54) is 16.4 Å². The Hall–Kier alpha value is -3.34. The molecule has 1 heterocycles. The number of pyridine rings is 1. The summed E-state index contributed by atoms with van der Waals surface area (Å²) in [6, 6.07) is 17.1. The van der Waals surface area contributed by atoms with Crippen molar-refractivity contribution in [2.45, 2.75) is 43.9 Å².